The summed E-state index contributed by atoms with van der Waals surface area (Å²) < 4.78 is 0. The number of hydrogen-bond acceptors (Lipinski definition) is 2. The SMILES string of the molecule is CCCCC(CCC)NCCCSC. The lowest BCUT2D eigenvalue weighted by molar-refractivity contribution is 0.436. The monoisotopic (exact) mass is 217 g/mol. The summed E-state index contributed by atoms with van der Waals surface area (Å²) >= 11 is 1.94. The number of hydrogen-bond donors (Lipinski definition) is 1. The van der Waals surface area contributed by atoms with Gasteiger partial charge in [0, 0.05) is 6.04 Å². The second-order valence-corrected chi connectivity index (χ2v) is 4.91. The molecule has 1 unspecified atom stereocenters. The number of nitrogens with one attached hydrogen (secondary N) is 1. The molecule has 0 fully saturated rings. The highest BCUT2D eigenvalue weighted by Gasteiger charge is 2.04. The van der Waals surface area contributed by atoms with Crippen LogP contribution in [-0.2, 0) is 0 Å². The number of thioether (sulfide) groups is 1. The molecule has 0 aromatic carbocycles. The molecule has 0 aromatic heterocycles. The van der Waals surface area contributed by atoms with Crippen molar-refractivity contribution in [3.05, 3.63) is 0 Å². The number of rotatable bonds is 10. The molecule has 0 aliphatic carbocycles. The fraction of sp³-hybridized carbons (Fsp3) is 1.00. The molecule has 0 aromatic rings. The Morgan fingerprint density at radius 3 is 2.43 bits per heavy atom. The highest BCUT2D eigenvalue weighted by atomic mass is 32.2. The fourth-order valence-corrected chi connectivity index (χ4v) is 2.10. The van der Waals surface area contributed by atoms with Gasteiger partial charge in [0.1, 0.15) is 0 Å². The Bertz CT molecular complexity index is 106. The second-order valence-electron chi connectivity index (χ2n) is 3.93. The maximum absolute atomic E-state index is 3.68. The van der Waals surface area contributed by atoms with E-state index in [2.05, 4.69) is 25.4 Å². The highest BCUT2D eigenvalue weighted by Crippen LogP contribution is 2.07. The normalized spacial score (nSPS) is 13.1. The zero-order valence-electron chi connectivity index (χ0n) is 10.1. The molecule has 14 heavy (non-hydrogen) atoms. The van der Waals surface area contributed by atoms with E-state index in [-0.39, 0.29) is 0 Å². The Morgan fingerprint density at radius 2 is 1.86 bits per heavy atom. The van der Waals surface area contributed by atoms with Gasteiger partial charge in [-0.05, 0) is 37.8 Å². The van der Waals surface area contributed by atoms with Crippen LogP contribution in [-0.4, -0.2) is 24.6 Å². The van der Waals surface area contributed by atoms with Crippen LogP contribution >= 0.6 is 11.8 Å². The third-order valence-electron chi connectivity index (χ3n) is 2.50. The number of unbranched alkanes of at least 4 members (excludes halogenated alkanes) is 1. The average molecular weight is 217 g/mol. The van der Waals surface area contributed by atoms with Crippen molar-refractivity contribution in [1.29, 1.82) is 0 Å². The summed E-state index contributed by atoms with van der Waals surface area (Å²) in [5, 5.41) is 3.68. The molecule has 1 nitrogen and oxygen atoms in total. The summed E-state index contributed by atoms with van der Waals surface area (Å²) in [6.07, 6.45) is 10.2. The first-order valence-corrected chi connectivity index (χ1v) is 7.46. The minimum atomic E-state index is 0.779. The topological polar surface area (TPSA) is 12.0 Å². The lowest BCUT2D eigenvalue weighted by Crippen LogP contribution is -2.30. The summed E-state index contributed by atoms with van der Waals surface area (Å²) in [5.74, 6) is 1.29. The van der Waals surface area contributed by atoms with Gasteiger partial charge in [-0.25, -0.2) is 0 Å². The van der Waals surface area contributed by atoms with E-state index in [1.165, 1.54) is 50.8 Å². The van der Waals surface area contributed by atoms with Gasteiger partial charge < -0.3 is 5.32 Å². The van der Waals surface area contributed by atoms with Gasteiger partial charge in [-0.15, -0.1) is 0 Å². The smallest absolute Gasteiger partial charge is 0.00669 e. The Morgan fingerprint density at radius 1 is 1.07 bits per heavy atom. The van der Waals surface area contributed by atoms with Crippen LogP contribution in [0.1, 0.15) is 52.4 Å². The molecule has 0 heterocycles. The molecule has 1 N–H and O–H groups in total. The predicted molar refractivity (Wildman–Crippen MR) is 69.2 cm³/mol. The molecule has 86 valence electrons. The quantitative estimate of drug-likeness (QED) is 0.560. The van der Waals surface area contributed by atoms with Crippen molar-refractivity contribution in [2.75, 3.05) is 18.6 Å². The molecular weight excluding hydrogens is 190 g/mol. The molecule has 0 radical (unpaired) electrons. The molecule has 0 saturated heterocycles. The van der Waals surface area contributed by atoms with Crippen molar-refractivity contribution in [3.8, 4) is 0 Å². The Hall–Kier alpha value is 0.310. The van der Waals surface area contributed by atoms with E-state index in [9.17, 15) is 0 Å². The van der Waals surface area contributed by atoms with Crippen LogP contribution in [0.25, 0.3) is 0 Å². The predicted octanol–water partition coefficient (Wildman–Crippen LogP) is 3.69. The molecule has 0 aliphatic rings. The van der Waals surface area contributed by atoms with Crippen LogP contribution < -0.4 is 5.32 Å². The maximum atomic E-state index is 3.68. The third kappa shape index (κ3) is 8.89. The van der Waals surface area contributed by atoms with Crippen LogP contribution in [0.5, 0.6) is 0 Å². The first kappa shape index (κ1) is 14.3. The van der Waals surface area contributed by atoms with E-state index in [4.69, 9.17) is 0 Å². The lowest BCUT2D eigenvalue weighted by atomic mass is 10.1. The van der Waals surface area contributed by atoms with Gasteiger partial charge in [0.2, 0.25) is 0 Å². The van der Waals surface area contributed by atoms with Crippen LogP contribution in [0.15, 0.2) is 0 Å². The largest absolute Gasteiger partial charge is 0.314 e. The molecule has 0 spiro atoms. The van der Waals surface area contributed by atoms with Gasteiger partial charge in [0.15, 0.2) is 0 Å². The van der Waals surface area contributed by atoms with Crippen molar-refractivity contribution < 1.29 is 0 Å². The molecule has 0 saturated carbocycles. The van der Waals surface area contributed by atoms with Crippen LogP contribution in [0.3, 0.4) is 0 Å². The Kier molecular flexibility index (Phi) is 11.6. The molecule has 1 atom stereocenters. The summed E-state index contributed by atoms with van der Waals surface area (Å²) in [6, 6.07) is 0.779. The molecule has 0 bridgehead atoms. The zero-order chi connectivity index (χ0) is 10.6. The van der Waals surface area contributed by atoms with Gasteiger partial charge in [-0.1, -0.05) is 33.1 Å². The van der Waals surface area contributed by atoms with Crippen LogP contribution in [0.4, 0.5) is 0 Å². The Labute approximate surface area is 94.4 Å². The standard InChI is InChI=1S/C12H27NS/c1-4-6-9-12(8-5-2)13-10-7-11-14-3/h12-13H,4-11H2,1-3H3. The lowest BCUT2D eigenvalue weighted by Gasteiger charge is -2.17. The van der Waals surface area contributed by atoms with Crippen molar-refractivity contribution >= 4 is 11.8 Å². The van der Waals surface area contributed by atoms with Crippen molar-refractivity contribution in [2.24, 2.45) is 0 Å². The van der Waals surface area contributed by atoms with Gasteiger partial charge in [0.05, 0.1) is 0 Å². The van der Waals surface area contributed by atoms with E-state index in [1.807, 2.05) is 11.8 Å². The van der Waals surface area contributed by atoms with E-state index < -0.39 is 0 Å². The first-order chi connectivity index (χ1) is 6.85. The third-order valence-corrected chi connectivity index (χ3v) is 3.20. The van der Waals surface area contributed by atoms with E-state index in [0.717, 1.165) is 6.04 Å². The van der Waals surface area contributed by atoms with Gasteiger partial charge >= 0.3 is 0 Å². The molecule has 0 aliphatic heterocycles. The minimum Gasteiger partial charge on any atom is -0.314 e. The fourth-order valence-electron chi connectivity index (χ4n) is 1.67. The Balaban J connectivity index is 3.40. The van der Waals surface area contributed by atoms with Crippen molar-refractivity contribution in [2.45, 2.75) is 58.4 Å². The van der Waals surface area contributed by atoms with Crippen molar-refractivity contribution in [1.82, 2.24) is 5.32 Å². The summed E-state index contributed by atoms with van der Waals surface area (Å²) in [7, 11) is 0. The highest BCUT2D eigenvalue weighted by molar-refractivity contribution is 7.98. The minimum absolute atomic E-state index is 0.779. The maximum Gasteiger partial charge on any atom is 0.00669 e. The van der Waals surface area contributed by atoms with E-state index in [1.54, 1.807) is 0 Å². The van der Waals surface area contributed by atoms with E-state index >= 15 is 0 Å². The zero-order valence-corrected chi connectivity index (χ0v) is 11.0. The second kappa shape index (κ2) is 11.4. The summed E-state index contributed by atoms with van der Waals surface area (Å²) in [4.78, 5) is 0. The first-order valence-electron chi connectivity index (χ1n) is 6.07. The van der Waals surface area contributed by atoms with Crippen LogP contribution in [0.2, 0.25) is 0 Å². The average Bonchev–Trinajstić information content (AvgIpc) is 2.20. The van der Waals surface area contributed by atoms with Gasteiger partial charge in [-0.3, -0.25) is 0 Å². The molecule has 0 rings (SSSR count). The molecular formula is C12H27NS. The molecule has 0 amide bonds. The summed E-state index contributed by atoms with van der Waals surface area (Å²) in [6.45, 7) is 5.76. The van der Waals surface area contributed by atoms with Gasteiger partial charge in [-0.2, -0.15) is 11.8 Å². The van der Waals surface area contributed by atoms with Gasteiger partial charge in [0.25, 0.3) is 0 Å². The van der Waals surface area contributed by atoms with Crippen LogP contribution in [0, 0.1) is 0 Å². The summed E-state index contributed by atoms with van der Waals surface area (Å²) in [5.41, 5.74) is 0. The van der Waals surface area contributed by atoms with E-state index in [0.29, 0.717) is 0 Å². The molecule has 2 heteroatoms. The van der Waals surface area contributed by atoms with Crippen molar-refractivity contribution in [3.63, 3.8) is 0 Å².